The Bertz CT molecular complexity index is 551. The van der Waals surface area contributed by atoms with Crippen LogP contribution in [0.25, 0.3) is 0 Å². The maximum Gasteiger partial charge on any atom is 0.0773 e. The van der Waals surface area contributed by atoms with E-state index in [1.807, 2.05) is 42.5 Å². The Morgan fingerprint density at radius 2 is 1.80 bits per heavy atom. The van der Waals surface area contributed by atoms with Gasteiger partial charge >= 0.3 is 0 Å². The first-order chi connectivity index (χ1) is 9.08. The molecule has 0 aromatic heterocycles. The van der Waals surface area contributed by atoms with E-state index >= 15 is 0 Å². The second-order valence-corrected chi connectivity index (χ2v) is 5.77. The highest BCUT2D eigenvalue weighted by Gasteiger charge is 2.19. The van der Waals surface area contributed by atoms with Gasteiger partial charge in [0.25, 0.3) is 0 Å². The molecule has 0 amide bonds. The number of hydrogen-bond donors (Lipinski definition) is 2. The van der Waals surface area contributed by atoms with Gasteiger partial charge in [0.1, 0.15) is 0 Å². The van der Waals surface area contributed by atoms with Crippen molar-refractivity contribution >= 4 is 39.9 Å². The molecule has 2 aromatic carbocycles. The van der Waals surface area contributed by atoms with Crippen molar-refractivity contribution in [3.63, 3.8) is 0 Å². The zero-order chi connectivity index (χ0) is 13.8. The number of aliphatic hydroxyl groups is 1. The maximum atomic E-state index is 10.2. The van der Waals surface area contributed by atoms with Gasteiger partial charge in [0.15, 0.2) is 0 Å². The van der Waals surface area contributed by atoms with E-state index in [1.54, 1.807) is 6.07 Å². The number of hydrogen-bond acceptors (Lipinski definition) is 2. The summed E-state index contributed by atoms with van der Waals surface area (Å²) in [5.41, 5.74) is 7.90. The molecular weight excluding hydrogens is 361 g/mol. The third-order valence-corrected chi connectivity index (χ3v) is 3.86. The molecule has 0 saturated heterocycles. The molecule has 0 radical (unpaired) electrons. The molecule has 2 nitrogen and oxygen atoms in total. The van der Waals surface area contributed by atoms with Gasteiger partial charge in [-0.05, 0) is 29.3 Å². The fraction of sp³-hybridized carbons (Fsp3) is 0.200. The van der Waals surface area contributed by atoms with E-state index in [0.29, 0.717) is 11.4 Å². The molecule has 0 fully saturated rings. The Morgan fingerprint density at radius 1 is 1.15 bits per heavy atom. The summed E-state index contributed by atoms with van der Waals surface area (Å²) >= 11 is 9.51. The summed E-state index contributed by atoms with van der Waals surface area (Å²) in [6.07, 6.45) is -0.167. The first-order valence-electron chi connectivity index (χ1n) is 6.00. The van der Waals surface area contributed by atoms with Crippen molar-refractivity contribution < 1.29 is 5.11 Å². The van der Waals surface area contributed by atoms with Crippen LogP contribution in [0.5, 0.6) is 0 Å². The highest BCUT2D eigenvalue weighted by molar-refractivity contribution is 9.10. The van der Waals surface area contributed by atoms with E-state index in [0.717, 1.165) is 15.6 Å². The summed E-state index contributed by atoms with van der Waals surface area (Å²) in [6, 6.07) is 14.7. The molecular formula is C15H16BrCl2NO. The zero-order valence-corrected chi connectivity index (χ0v) is 13.8. The highest BCUT2D eigenvalue weighted by Crippen LogP contribution is 2.28. The second kappa shape index (κ2) is 8.01. The molecule has 0 aliphatic heterocycles. The molecule has 20 heavy (non-hydrogen) atoms. The lowest BCUT2D eigenvalue weighted by Gasteiger charge is -2.20. The van der Waals surface area contributed by atoms with Crippen LogP contribution >= 0.6 is 39.9 Å². The van der Waals surface area contributed by atoms with Gasteiger partial charge in [0.05, 0.1) is 12.1 Å². The number of rotatable bonds is 4. The summed E-state index contributed by atoms with van der Waals surface area (Å²) in [6.45, 7) is 0. The molecule has 3 N–H and O–H groups in total. The Morgan fingerprint density at radius 3 is 2.45 bits per heavy atom. The minimum Gasteiger partial charge on any atom is -0.391 e. The van der Waals surface area contributed by atoms with Gasteiger partial charge in [-0.2, -0.15) is 0 Å². The lowest BCUT2D eigenvalue weighted by molar-refractivity contribution is 0.145. The van der Waals surface area contributed by atoms with Crippen LogP contribution in [-0.4, -0.2) is 11.2 Å². The molecule has 0 unspecified atom stereocenters. The SMILES string of the molecule is Cl.N[C@H](c1cc(Br)ccc1Cl)[C@@H](O)Cc1ccccc1. The smallest absolute Gasteiger partial charge is 0.0773 e. The molecule has 0 aliphatic carbocycles. The van der Waals surface area contributed by atoms with Gasteiger partial charge in [-0.15, -0.1) is 12.4 Å². The standard InChI is InChI=1S/C15H15BrClNO.ClH/c16-11-6-7-13(17)12(9-11)15(18)14(19)8-10-4-2-1-3-5-10;/h1-7,9,14-15,19H,8,18H2;1H/t14-,15+;/m0./s1. The molecule has 0 bridgehead atoms. The van der Waals surface area contributed by atoms with E-state index in [4.69, 9.17) is 17.3 Å². The van der Waals surface area contributed by atoms with Crippen molar-refractivity contribution in [2.75, 3.05) is 0 Å². The summed E-state index contributed by atoms with van der Waals surface area (Å²) in [5, 5.41) is 10.8. The van der Waals surface area contributed by atoms with Gasteiger partial charge in [0, 0.05) is 15.9 Å². The van der Waals surface area contributed by atoms with Gasteiger partial charge in [-0.3, -0.25) is 0 Å². The first kappa shape index (κ1) is 17.5. The topological polar surface area (TPSA) is 46.2 Å². The molecule has 2 atom stereocenters. The van der Waals surface area contributed by atoms with Crippen molar-refractivity contribution in [2.45, 2.75) is 18.6 Å². The summed E-state index contributed by atoms with van der Waals surface area (Å²) in [7, 11) is 0. The zero-order valence-electron chi connectivity index (χ0n) is 10.7. The lowest BCUT2D eigenvalue weighted by Crippen LogP contribution is -2.28. The summed E-state index contributed by atoms with van der Waals surface area (Å²) in [5.74, 6) is 0. The average Bonchev–Trinajstić information content (AvgIpc) is 2.42. The minimum atomic E-state index is -0.672. The van der Waals surface area contributed by atoms with E-state index in [1.165, 1.54) is 0 Å². The largest absolute Gasteiger partial charge is 0.391 e. The van der Waals surface area contributed by atoms with Crippen LogP contribution in [0, 0.1) is 0 Å². The van der Waals surface area contributed by atoms with Crippen molar-refractivity contribution in [1.29, 1.82) is 0 Å². The molecule has 0 heterocycles. The van der Waals surface area contributed by atoms with Crippen molar-refractivity contribution in [2.24, 2.45) is 5.73 Å². The molecule has 0 spiro atoms. The van der Waals surface area contributed by atoms with Gasteiger partial charge in [-0.1, -0.05) is 57.9 Å². The number of aliphatic hydroxyl groups excluding tert-OH is 1. The highest BCUT2D eigenvalue weighted by atomic mass is 79.9. The summed E-state index contributed by atoms with van der Waals surface area (Å²) < 4.78 is 0.897. The van der Waals surface area contributed by atoms with E-state index in [2.05, 4.69) is 15.9 Å². The average molecular weight is 377 g/mol. The number of halogens is 3. The van der Waals surface area contributed by atoms with Crippen molar-refractivity contribution in [3.05, 3.63) is 69.2 Å². The van der Waals surface area contributed by atoms with Gasteiger partial charge < -0.3 is 10.8 Å². The fourth-order valence-corrected chi connectivity index (χ4v) is 2.58. The molecule has 0 aliphatic rings. The molecule has 2 rings (SSSR count). The molecule has 0 saturated carbocycles. The van der Waals surface area contributed by atoms with Crippen LogP contribution in [0.15, 0.2) is 53.0 Å². The third kappa shape index (κ3) is 4.47. The number of nitrogens with two attached hydrogens (primary N) is 1. The van der Waals surface area contributed by atoms with Crippen LogP contribution in [0.1, 0.15) is 17.2 Å². The minimum absolute atomic E-state index is 0. The summed E-state index contributed by atoms with van der Waals surface area (Å²) in [4.78, 5) is 0. The predicted octanol–water partition coefficient (Wildman–Crippen LogP) is 4.13. The van der Waals surface area contributed by atoms with E-state index in [9.17, 15) is 5.11 Å². The van der Waals surface area contributed by atoms with Gasteiger partial charge in [-0.25, -0.2) is 0 Å². The Kier molecular flexibility index (Phi) is 7.00. The predicted molar refractivity (Wildman–Crippen MR) is 89.5 cm³/mol. The number of benzene rings is 2. The van der Waals surface area contributed by atoms with Crippen LogP contribution in [0.3, 0.4) is 0 Å². The molecule has 5 heteroatoms. The van der Waals surface area contributed by atoms with E-state index < -0.39 is 12.1 Å². The third-order valence-electron chi connectivity index (χ3n) is 3.02. The van der Waals surface area contributed by atoms with Crippen LogP contribution in [0.2, 0.25) is 5.02 Å². The maximum absolute atomic E-state index is 10.2. The first-order valence-corrected chi connectivity index (χ1v) is 7.17. The molecule has 108 valence electrons. The fourth-order valence-electron chi connectivity index (χ4n) is 1.96. The molecule has 2 aromatic rings. The lowest BCUT2D eigenvalue weighted by atomic mass is 9.97. The van der Waals surface area contributed by atoms with Gasteiger partial charge in [0.2, 0.25) is 0 Å². The van der Waals surface area contributed by atoms with Crippen molar-refractivity contribution in [1.82, 2.24) is 0 Å². The Hall–Kier alpha value is -0.580. The van der Waals surface area contributed by atoms with Crippen molar-refractivity contribution in [3.8, 4) is 0 Å². The Labute approximate surface area is 138 Å². The van der Waals surface area contributed by atoms with Crippen LogP contribution < -0.4 is 5.73 Å². The monoisotopic (exact) mass is 375 g/mol. The Balaban J connectivity index is 0.00000200. The normalized spacial score (nSPS) is 13.4. The van der Waals surface area contributed by atoms with Crippen LogP contribution in [-0.2, 0) is 6.42 Å². The second-order valence-electron chi connectivity index (χ2n) is 4.45. The van der Waals surface area contributed by atoms with E-state index in [-0.39, 0.29) is 12.4 Å². The van der Waals surface area contributed by atoms with Crippen LogP contribution in [0.4, 0.5) is 0 Å². The quantitative estimate of drug-likeness (QED) is 0.842.